The molecule has 2 aromatic rings. The van der Waals surface area contributed by atoms with E-state index in [1.54, 1.807) is 0 Å². The average Bonchev–Trinajstić information content (AvgIpc) is 2.77. The molecule has 0 aliphatic rings. The zero-order valence-corrected chi connectivity index (χ0v) is 19.8. The lowest BCUT2D eigenvalue weighted by molar-refractivity contribution is -0.145. The molecule has 2 rings (SSSR count). The maximum atomic E-state index is 11.7. The molecular weight excluding hydrogens is 420 g/mol. The van der Waals surface area contributed by atoms with Gasteiger partial charge in [0, 0.05) is 0 Å². The van der Waals surface area contributed by atoms with Crippen LogP contribution in [-0.2, 0) is 25.5 Å². The highest BCUT2D eigenvalue weighted by Crippen LogP contribution is 2.18. The smallest absolute Gasteiger partial charge is 0.344 e. The standard InChI is InChI=1S/C27H32O6/c1-20(2)13-15-30-26(28)18-32-24-9-5-22(6-10-24)17-23-7-11-25(12-8-23)33-19-27(29)31-16-14-21(3)4/h5-14H,15-19H2,1-4H3. The molecule has 0 aliphatic carbocycles. The molecule has 0 atom stereocenters. The van der Waals surface area contributed by atoms with E-state index in [1.807, 2.05) is 88.4 Å². The lowest BCUT2D eigenvalue weighted by atomic mass is 10.0. The molecule has 0 aromatic heterocycles. The third kappa shape index (κ3) is 11.1. The van der Waals surface area contributed by atoms with Crippen LogP contribution < -0.4 is 9.47 Å². The van der Waals surface area contributed by atoms with E-state index in [-0.39, 0.29) is 26.4 Å². The van der Waals surface area contributed by atoms with Crippen molar-refractivity contribution >= 4 is 11.9 Å². The van der Waals surface area contributed by atoms with Crippen LogP contribution in [0.15, 0.2) is 71.8 Å². The van der Waals surface area contributed by atoms with Crippen LogP contribution in [0.1, 0.15) is 38.8 Å². The molecule has 33 heavy (non-hydrogen) atoms. The van der Waals surface area contributed by atoms with Gasteiger partial charge in [-0.25, -0.2) is 9.59 Å². The first-order chi connectivity index (χ1) is 15.8. The van der Waals surface area contributed by atoms with Gasteiger partial charge in [-0.15, -0.1) is 0 Å². The van der Waals surface area contributed by atoms with E-state index in [1.165, 1.54) is 0 Å². The molecule has 6 nitrogen and oxygen atoms in total. The number of allylic oxidation sites excluding steroid dienone is 2. The summed E-state index contributed by atoms with van der Waals surface area (Å²) in [5, 5.41) is 0. The predicted molar refractivity (Wildman–Crippen MR) is 127 cm³/mol. The molecule has 0 spiro atoms. The molecular formula is C27H32O6. The third-order valence-electron chi connectivity index (χ3n) is 4.44. The largest absolute Gasteiger partial charge is 0.482 e. The van der Waals surface area contributed by atoms with E-state index in [0.29, 0.717) is 11.5 Å². The molecule has 0 radical (unpaired) electrons. The highest BCUT2D eigenvalue weighted by Gasteiger charge is 2.06. The number of carbonyl (C=O) groups is 2. The van der Waals surface area contributed by atoms with Crippen molar-refractivity contribution in [1.82, 2.24) is 0 Å². The van der Waals surface area contributed by atoms with Crippen LogP contribution >= 0.6 is 0 Å². The molecule has 0 heterocycles. The van der Waals surface area contributed by atoms with Crippen LogP contribution in [0, 0.1) is 0 Å². The first kappa shape index (κ1) is 25.7. The Morgan fingerprint density at radius 1 is 0.636 bits per heavy atom. The molecule has 0 saturated carbocycles. The molecule has 0 saturated heterocycles. The van der Waals surface area contributed by atoms with Crippen molar-refractivity contribution in [3.05, 3.63) is 83.0 Å². The lowest BCUT2D eigenvalue weighted by Gasteiger charge is -2.09. The minimum Gasteiger partial charge on any atom is -0.482 e. The second-order valence-corrected chi connectivity index (χ2v) is 7.97. The van der Waals surface area contributed by atoms with Crippen molar-refractivity contribution in [1.29, 1.82) is 0 Å². The number of carbonyl (C=O) groups excluding carboxylic acids is 2. The first-order valence-electron chi connectivity index (χ1n) is 10.8. The molecule has 0 fully saturated rings. The summed E-state index contributed by atoms with van der Waals surface area (Å²) in [6.45, 7) is 8.05. The maximum Gasteiger partial charge on any atom is 0.344 e. The summed E-state index contributed by atoms with van der Waals surface area (Å²) in [7, 11) is 0. The van der Waals surface area contributed by atoms with Crippen molar-refractivity contribution in [3.8, 4) is 11.5 Å². The van der Waals surface area contributed by atoms with Gasteiger partial charge in [0.15, 0.2) is 13.2 Å². The van der Waals surface area contributed by atoms with Gasteiger partial charge in [0.2, 0.25) is 0 Å². The Morgan fingerprint density at radius 3 is 1.33 bits per heavy atom. The highest BCUT2D eigenvalue weighted by molar-refractivity contribution is 5.71. The van der Waals surface area contributed by atoms with Gasteiger partial charge in [-0.2, -0.15) is 0 Å². The summed E-state index contributed by atoms with van der Waals surface area (Å²) < 4.78 is 21.1. The monoisotopic (exact) mass is 452 g/mol. The Bertz CT molecular complexity index is 868. The van der Waals surface area contributed by atoms with Crippen LogP contribution in [0.2, 0.25) is 0 Å². The molecule has 0 N–H and O–H groups in total. The fourth-order valence-corrected chi connectivity index (χ4v) is 2.61. The van der Waals surface area contributed by atoms with Gasteiger partial charge in [-0.1, -0.05) is 35.4 Å². The fourth-order valence-electron chi connectivity index (χ4n) is 2.61. The van der Waals surface area contributed by atoms with E-state index < -0.39 is 11.9 Å². The SMILES string of the molecule is CC(C)=CCOC(=O)COc1ccc(Cc2ccc(OCC(=O)OCC=C(C)C)cc2)cc1. The minimum absolute atomic E-state index is 0.125. The van der Waals surface area contributed by atoms with Crippen LogP contribution in [0.25, 0.3) is 0 Å². The van der Waals surface area contributed by atoms with Gasteiger partial charge in [-0.05, 0) is 81.7 Å². The van der Waals surface area contributed by atoms with Gasteiger partial charge in [0.1, 0.15) is 24.7 Å². The number of esters is 2. The molecule has 2 aromatic carbocycles. The summed E-state index contributed by atoms with van der Waals surface area (Å²) in [5.41, 5.74) is 4.39. The molecule has 6 heteroatoms. The molecule has 0 aliphatic heterocycles. The van der Waals surface area contributed by atoms with Gasteiger partial charge in [0.25, 0.3) is 0 Å². The Labute approximate surface area is 195 Å². The highest BCUT2D eigenvalue weighted by atomic mass is 16.6. The van der Waals surface area contributed by atoms with E-state index in [4.69, 9.17) is 18.9 Å². The Balaban J connectivity index is 1.75. The van der Waals surface area contributed by atoms with Gasteiger partial charge >= 0.3 is 11.9 Å². The second kappa shape index (κ2) is 13.8. The van der Waals surface area contributed by atoms with E-state index in [0.717, 1.165) is 28.7 Å². The van der Waals surface area contributed by atoms with Crippen LogP contribution in [-0.4, -0.2) is 38.4 Å². The maximum absolute atomic E-state index is 11.7. The molecule has 0 bridgehead atoms. The predicted octanol–water partition coefficient (Wildman–Crippen LogP) is 5.05. The van der Waals surface area contributed by atoms with E-state index >= 15 is 0 Å². The Morgan fingerprint density at radius 2 is 1.00 bits per heavy atom. The van der Waals surface area contributed by atoms with Crippen molar-refractivity contribution in [2.45, 2.75) is 34.1 Å². The number of hydrogen-bond acceptors (Lipinski definition) is 6. The quantitative estimate of drug-likeness (QED) is 0.331. The zero-order valence-electron chi connectivity index (χ0n) is 19.8. The van der Waals surface area contributed by atoms with Crippen LogP contribution in [0.5, 0.6) is 11.5 Å². The Hall–Kier alpha value is -3.54. The van der Waals surface area contributed by atoms with Crippen molar-refractivity contribution in [3.63, 3.8) is 0 Å². The number of hydrogen-bond donors (Lipinski definition) is 0. The third-order valence-corrected chi connectivity index (χ3v) is 4.44. The van der Waals surface area contributed by atoms with Crippen molar-refractivity contribution in [2.24, 2.45) is 0 Å². The average molecular weight is 453 g/mol. The minimum atomic E-state index is -0.403. The molecule has 0 amide bonds. The van der Waals surface area contributed by atoms with Crippen LogP contribution in [0.4, 0.5) is 0 Å². The van der Waals surface area contributed by atoms with E-state index in [9.17, 15) is 9.59 Å². The topological polar surface area (TPSA) is 71.1 Å². The lowest BCUT2D eigenvalue weighted by Crippen LogP contribution is -2.15. The Kier molecular flexibility index (Phi) is 10.7. The van der Waals surface area contributed by atoms with Crippen molar-refractivity contribution in [2.75, 3.05) is 26.4 Å². The van der Waals surface area contributed by atoms with Gasteiger partial charge < -0.3 is 18.9 Å². The summed E-state index contributed by atoms with van der Waals surface area (Å²) in [6, 6.07) is 15.1. The van der Waals surface area contributed by atoms with Crippen molar-refractivity contribution < 1.29 is 28.5 Å². The summed E-state index contributed by atoms with van der Waals surface area (Å²) >= 11 is 0. The molecule has 176 valence electrons. The normalized spacial score (nSPS) is 10.1. The van der Waals surface area contributed by atoms with Crippen LogP contribution in [0.3, 0.4) is 0 Å². The number of rotatable bonds is 12. The fraction of sp³-hybridized carbons (Fsp3) is 0.333. The second-order valence-electron chi connectivity index (χ2n) is 7.97. The number of benzene rings is 2. The van der Waals surface area contributed by atoms with Gasteiger partial charge in [0.05, 0.1) is 0 Å². The number of ether oxygens (including phenoxy) is 4. The zero-order chi connectivity index (χ0) is 24.1. The summed E-state index contributed by atoms with van der Waals surface area (Å²) in [5.74, 6) is 0.413. The summed E-state index contributed by atoms with van der Waals surface area (Å²) in [6.07, 6.45) is 4.41. The van der Waals surface area contributed by atoms with Gasteiger partial charge in [-0.3, -0.25) is 0 Å². The van der Waals surface area contributed by atoms with E-state index in [2.05, 4.69) is 0 Å². The molecule has 0 unspecified atom stereocenters. The summed E-state index contributed by atoms with van der Waals surface area (Å²) in [4.78, 5) is 23.3. The first-order valence-corrected chi connectivity index (χ1v) is 10.8.